The van der Waals surface area contributed by atoms with E-state index in [0.717, 1.165) is 62.1 Å². The first-order valence-corrected chi connectivity index (χ1v) is 8.45. The molecule has 4 rings (SSSR count). The van der Waals surface area contributed by atoms with Gasteiger partial charge in [0.2, 0.25) is 0 Å². The minimum Gasteiger partial charge on any atom is -0.381 e. The molecule has 2 aliphatic rings. The predicted octanol–water partition coefficient (Wildman–Crippen LogP) is 0.973. The van der Waals surface area contributed by atoms with Gasteiger partial charge in [0, 0.05) is 52.5 Å². The lowest BCUT2D eigenvalue weighted by atomic mass is 10.1. The first kappa shape index (κ1) is 14.8. The number of hydrogen-bond acceptors (Lipinski definition) is 6. The fraction of sp³-hybridized carbons (Fsp3) is 0.688. The van der Waals surface area contributed by atoms with Crippen LogP contribution in [0.2, 0.25) is 0 Å². The Bertz CT molecular complexity index is 685. The van der Waals surface area contributed by atoms with Gasteiger partial charge in [0.15, 0.2) is 5.65 Å². The SMILES string of the molecule is Cc1nc(N2CCN(C3CCOCC3)CC2)c2cnn(C)c2n1. The van der Waals surface area contributed by atoms with Crippen molar-refractivity contribution in [2.45, 2.75) is 25.8 Å². The van der Waals surface area contributed by atoms with Gasteiger partial charge in [-0.1, -0.05) is 0 Å². The Morgan fingerprint density at radius 1 is 1.09 bits per heavy atom. The Morgan fingerprint density at radius 2 is 1.83 bits per heavy atom. The van der Waals surface area contributed by atoms with E-state index in [9.17, 15) is 0 Å². The molecule has 124 valence electrons. The van der Waals surface area contributed by atoms with E-state index in [1.54, 1.807) is 0 Å². The second kappa shape index (κ2) is 6.05. The van der Waals surface area contributed by atoms with Crippen molar-refractivity contribution in [3.05, 3.63) is 12.0 Å². The van der Waals surface area contributed by atoms with Crippen LogP contribution >= 0.6 is 0 Å². The first-order chi connectivity index (χ1) is 11.2. The summed E-state index contributed by atoms with van der Waals surface area (Å²) in [6.45, 7) is 7.98. The number of aromatic nitrogens is 4. The summed E-state index contributed by atoms with van der Waals surface area (Å²) in [5.41, 5.74) is 0.916. The van der Waals surface area contributed by atoms with Crippen LogP contribution in [0.4, 0.5) is 5.82 Å². The molecule has 0 amide bonds. The molecule has 0 N–H and O–H groups in total. The third-order valence-corrected chi connectivity index (χ3v) is 5.00. The molecule has 23 heavy (non-hydrogen) atoms. The topological polar surface area (TPSA) is 59.3 Å². The van der Waals surface area contributed by atoms with Crippen molar-refractivity contribution >= 4 is 16.9 Å². The Morgan fingerprint density at radius 3 is 2.57 bits per heavy atom. The second-order valence-electron chi connectivity index (χ2n) is 6.47. The maximum absolute atomic E-state index is 5.48. The lowest BCUT2D eigenvalue weighted by Crippen LogP contribution is -2.52. The monoisotopic (exact) mass is 316 g/mol. The average Bonchev–Trinajstić information content (AvgIpc) is 2.96. The van der Waals surface area contributed by atoms with Crippen LogP contribution < -0.4 is 4.90 Å². The van der Waals surface area contributed by atoms with E-state index in [0.29, 0.717) is 6.04 Å². The van der Waals surface area contributed by atoms with Crippen LogP contribution in [0.15, 0.2) is 6.20 Å². The van der Waals surface area contributed by atoms with Gasteiger partial charge in [-0.15, -0.1) is 0 Å². The van der Waals surface area contributed by atoms with Crippen LogP contribution in [0.3, 0.4) is 0 Å². The molecule has 2 aromatic heterocycles. The van der Waals surface area contributed by atoms with Crippen LogP contribution in [-0.2, 0) is 11.8 Å². The lowest BCUT2D eigenvalue weighted by Gasteiger charge is -2.41. The Balaban J connectivity index is 1.52. The van der Waals surface area contributed by atoms with E-state index in [2.05, 4.69) is 19.9 Å². The summed E-state index contributed by atoms with van der Waals surface area (Å²) in [4.78, 5) is 14.2. The highest BCUT2D eigenvalue weighted by atomic mass is 16.5. The van der Waals surface area contributed by atoms with E-state index in [1.165, 1.54) is 12.8 Å². The van der Waals surface area contributed by atoms with Crippen LogP contribution in [0.5, 0.6) is 0 Å². The van der Waals surface area contributed by atoms with Gasteiger partial charge < -0.3 is 9.64 Å². The standard InChI is InChI=1S/C16H24N6O/c1-12-18-15-14(11-17-20(15)2)16(19-12)22-7-5-21(6-8-22)13-3-9-23-10-4-13/h11,13H,3-10H2,1-2H3. The Labute approximate surface area is 136 Å². The quantitative estimate of drug-likeness (QED) is 0.823. The molecular weight excluding hydrogens is 292 g/mol. The Hall–Kier alpha value is -1.73. The number of aryl methyl sites for hydroxylation is 2. The molecule has 0 radical (unpaired) electrons. The Kier molecular flexibility index (Phi) is 3.90. The number of anilines is 1. The number of fused-ring (bicyclic) bond motifs is 1. The van der Waals surface area contributed by atoms with Crippen molar-refractivity contribution in [1.82, 2.24) is 24.6 Å². The van der Waals surface area contributed by atoms with Crippen molar-refractivity contribution in [2.24, 2.45) is 7.05 Å². The van der Waals surface area contributed by atoms with Gasteiger partial charge in [-0.3, -0.25) is 9.58 Å². The smallest absolute Gasteiger partial charge is 0.163 e. The van der Waals surface area contributed by atoms with Gasteiger partial charge in [-0.25, -0.2) is 9.97 Å². The fourth-order valence-electron chi connectivity index (χ4n) is 3.70. The molecule has 0 atom stereocenters. The molecule has 7 nitrogen and oxygen atoms in total. The summed E-state index contributed by atoms with van der Waals surface area (Å²) in [6.07, 6.45) is 4.22. The molecule has 2 saturated heterocycles. The van der Waals surface area contributed by atoms with Gasteiger partial charge in [-0.05, 0) is 19.8 Å². The summed E-state index contributed by atoms with van der Waals surface area (Å²) < 4.78 is 7.31. The summed E-state index contributed by atoms with van der Waals surface area (Å²) in [5, 5.41) is 5.40. The lowest BCUT2D eigenvalue weighted by molar-refractivity contribution is 0.0321. The molecule has 4 heterocycles. The number of rotatable bonds is 2. The normalized spacial score (nSPS) is 21.2. The molecule has 0 saturated carbocycles. The highest BCUT2D eigenvalue weighted by Gasteiger charge is 2.27. The summed E-state index contributed by atoms with van der Waals surface area (Å²) in [5.74, 6) is 1.84. The van der Waals surface area contributed by atoms with Crippen LogP contribution in [0.1, 0.15) is 18.7 Å². The third-order valence-electron chi connectivity index (χ3n) is 5.00. The second-order valence-corrected chi connectivity index (χ2v) is 6.47. The molecule has 0 spiro atoms. The zero-order valence-electron chi connectivity index (χ0n) is 13.9. The summed E-state index contributed by atoms with van der Waals surface area (Å²) in [7, 11) is 1.93. The van der Waals surface area contributed by atoms with Crippen molar-refractivity contribution in [2.75, 3.05) is 44.3 Å². The highest BCUT2D eigenvalue weighted by Crippen LogP contribution is 2.25. The number of hydrogen-bond donors (Lipinski definition) is 0. The van der Waals surface area contributed by atoms with Crippen LogP contribution in [0.25, 0.3) is 11.0 Å². The molecule has 2 fully saturated rings. The zero-order chi connectivity index (χ0) is 15.8. The molecule has 0 aromatic carbocycles. The maximum atomic E-state index is 5.48. The van der Waals surface area contributed by atoms with Gasteiger partial charge in [0.1, 0.15) is 11.6 Å². The van der Waals surface area contributed by atoms with Gasteiger partial charge in [0.25, 0.3) is 0 Å². The minimum absolute atomic E-state index is 0.691. The van der Waals surface area contributed by atoms with Gasteiger partial charge in [0.05, 0.1) is 11.6 Å². The molecule has 0 unspecified atom stereocenters. The first-order valence-electron chi connectivity index (χ1n) is 8.45. The number of piperazine rings is 1. The highest BCUT2D eigenvalue weighted by molar-refractivity contribution is 5.87. The van der Waals surface area contributed by atoms with E-state index in [4.69, 9.17) is 9.72 Å². The fourth-order valence-corrected chi connectivity index (χ4v) is 3.70. The summed E-state index contributed by atoms with van der Waals surface area (Å²) >= 11 is 0. The van der Waals surface area contributed by atoms with Crippen molar-refractivity contribution in [3.8, 4) is 0 Å². The largest absolute Gasteiger partial charge is 0.381 e. The molecule has 0 bridgehead atoms. The van der Waals surface area contributed by atoms with Crippen molar-refractivity contribution in [1.29, 1.82) is 0 Å². The molecule has 7 heteroatoms. The minimum atomic E-state index is 0.691. The molecule has 2 aromatic rings. The molecule has 2 aliphatic heterocycles. The maximum Gasteiger partial charge on any atom is 0.163 e. The van der Waals surface area contributed by atoms with E-state index in [-0.39, 0.29) is 0 Å². The van der Waals surface area contributed by atoms with Crippen molar-refractivity contribution in [3.63, 3.8) is 0 Å². The zero-order valence-corrected chi connectivity index (χ0v) is 13.9. The van der Waals surface area contributed by atoms with E-state index >= 15 is 0 Å². The summed E-state index contributed by atoms with van der Waals surface area (Å²) in [6, 6.07) is 0.691. The van der Waals surface area contributed by atoms with E-state index in [1.807, 2.05) is 24.9 Å². The van der Waals surface area contributed by atoms with Gasteiger partial charge in [-0.2, -0.15) is 5.10 Å². The van der Waals surface area contributed by atoms with Crippen molar-refractivity contribution < 1.29 is 4.74 Å². The van der Waals surface area contributed by atoms with Gasteiger partial charge >= 0.3 is 0 Å². The molecule has 0 aliphatic carbocycles. The predicted molar refractivity (Wildman–Crippen MR) is 88.7 cm³/mol. The number of nitrogens with zero attached hydrogens (tertiary/aromatic N) is 6. The van der Waals surface area contributed by atoms with E-state index < -0.39 is 0 Å². The van der Waals surface area contributed by atoms with Crippen LogP contribution in [0, 0.1) is 6.92 Å². The van der Waals surface area contributed by atoms with Crippen LogP contribution in [-0.4, -0.2) is 70.1 Å². The average molecular weight is 316 g/mol. The number of ether oxygens (including phenoxy) is 1. The third kappa shape index (κ3) is 2.79. The molecular formula is C16H24N6O.